The molecule has 2 aromatic rings. The Labute approximate surface area is 129 Å². The third-order valence-electron chi connectivity index (χ3n) is 3.57. The Balaban J connectivity index is 1.72. The fourth-order valence-corrected chi connectivity index (χ4v) is 3.32. The molecule has 1 unspecified atom stereocenters. The molecule has 1 aromatic heterocycles. The van der Waals surface area contributed by atoms with Crippen LogP contribution in [0, 0.1) is 0 Å². The molecule has 2 heterocycles. The largest absolute Gasteiger partial charge is 0.494 e. The third-order valence-corrected chi connectivity index (χ3v) is 4.45. The second-order valence-corrected chi connectivity index (χ2v) is 6.35. The van der Waals surface area contributed by atoms with Crippen molar-refractivity contribution in [3.63, 3.8) is 0 Å². The topological polar surface area (TPSA) is 30.5 Å². The van der Waals surface area contributed by atoms with Gasteiger partial charge in [-0.15, -0.1) is 11.3 Å². The summed E-state index contributed by atoms with van der Waals surface area (Å²) in [7, 11) is 0. The van der Waals surface area contributed by atoms with Gasteiger partial charge in [-0.2, -0.15) is 0 Å². The molecule has 0 saturated heterocycles. The number of nitrogens with one attached hydrogen (secondary N) is 1. The van der Waals surface area contributed by atoms with Crippen LogP contribution < -0.4 is 14.8 Å². The molecular formula is C17H21NO2S. The van der Waals surface area contributed by atoms with Crippen LogP contribution in [-0.2, 0) is 19.5 Å². The number of hydrogen-bond donors (Lipinski definition) is 1. The van der Waals surface area contributed by atoms with E-state index in [-0.39, 0.29) is 6.10 Å². The minimum Gasteiger partial charge on any atom is -0.494 e. The SMILES string of the molecule is CCOc1cc2c(cc1CNCc1cccs1)OC(C)C2. The highest BCUT2D eigenvalue weighted by molar-refractivity contribution is 7.09. The third kappa shape index (κ3) is 3.39. The van der Waals surface area contributed by atoms with E-state index >= 15 is 0 Å². The lowest BCUT2D eigenvalue weighted by Gasteiger charge is -2.13. The molecule has 0 amide bonds. The lowest BCUT2D eigenvalue weighted by atomic mass is 10.1. The molecule has 0 bridgehead atoms. The van der Waals surface area contributed by atoms with E-state index in [1.807, 2.05) is 6.92 Å². The quantitative estimate of drug-likeness (QED) is 0.881. The molecule has 1 atom stereocenters. The number of hydrogen-bond acceptors (Lipinski definition) is 4. The highest BCUT2D eigenvalue weighted by Crippen LogP contribution is 2.35. The first-order valence-corrected chi connectivity index (χ1v) is 8.32. The van der Waals surface area contributed by atoms with E-state index in [2.05, 4.69) is 41.9 Å². The van der Waals surface area contributed by atoms with Crippen LogP contribution in [0.25, 0.3) is 0 Å². The molecule has 3 nitrogen and oxygen atoms in total. The van der Waals surface area contributed by atoms with Gasteiger partial charge in [0.2, 0.25) is 0 Å². The highest BCUT2D eigenvalue weighted by atomic mass is 32.1. The van der Waals surface area contributed by atoms with Crippen LogP contribution in [0.2, 0.25) is 0 Å². The van der Waals surface area contributed by atoms with Crippen molar-refractivity contribution in [2.45, 2.75) is 39.5 Å². The van der Waals surface area contributed by atoms with Crippen LogP contribution in [0.4, 0.5) is 0 Å². The van der Waals surface area contributed by atoms with Crippen molar-refractivity contribution < 1.29 is 9.47 Å². The summed E-state index contributed by atoms with van der Waals surface area (Å²) in [6.45, 7) is 6.49. The maximum atomic E-state index is 5.85. The van der Waals surface area contributed by atoms with Crippen LogP contribution in [0.15, 0.2) is 29.6 Å². The summed E-state index contributed by atoms with van der Waals surface area (Å²) in [4.78, 5) is 1.35. The standard InChI is InChI=1S/C17H21NO2S/c1-3-19-16-8-13-7-12(2)20-17(13)9-14(16)10-18-11-15-5-4-6-21-15/h4-6,8-9,12,18H,3,7,10-11H2,1-2H3. The van der Waals surface area contributed by atoms with Crippen LogP contribution in [0.1, 0.15) is 29.9 Å². The van der Waals surface area contributed by atoms with Gasteiger partial charge in [0, 0.05) is 35.5 Å². The summed E-state index contributed by atoms with van der Waals surface area (Å²) < 4.78 is 11.6. The average Bonchev–Trinajstić information content (AvgIpc) is 3.07. The fourth-order valence-electron chi connectivity index (χ4n) is 2.64. The van der Waals surface area contributed by atoms with Crippen molar-refractivity contribution in [3.8, 4) is 11.5 Å². The fraction of sp³-hybridized carbons (Fsp3) is 0.412. The molecule has 1 aliphatic rings. The number of thiophene rings is 1. The van der Waals surface area contributed by atoms with Crippen molar-refractivity contribution in [1.82, 2.24) is 5.32 Å². The number of fused-ring (bicyclic) bond motifs is 1. The maximum Gasteiger partial charge on any atom is 0.124 e. The summed E-state index contributed by atoms with van der Waals surface area (Å²) >= 11 is 1.77. The first-order chi connectivity index (χ1) is 10.3. The predicted octanol–water partition coefficient (Wildman–Crippen LogP) is 3.76. The predicted molar refractivity (Wildman–Crippen MR) is 86.3 cm³/mol. The van der Waals surface area contributed by atoms with E-state index in [1.165, 1.54) is 16.0 Å². The molecular weight excluding hydrogens is 282 g/mol. The van der Waals surface area contributed by atoms with Crippen molar-refractivity contribution >= 4 is 11.3 Å². The lowest BCUT2D eigenvalue weighted by molar-refractivity contribution is 0.254. The summed E-state index contributed by atoms with van der Waals surface area (Å²) in [6, 6.07) is 8.50. The smallest absolute Gasteiger partial charge is 0.124 e. The van der Waals surface area contributed by atoms with E-state index < -0.39 is 0 Å². The second kappa shape index (κ2) is 6.50. The van der Waals surface area contributed by atoms with Gasteiger partial charge < -0.3 is 14.8 Å². The van der Waals surface area contributed by atoms with Crippen molar-refractivity contribution in [3.05, 3.63) is 45.6 Å². The first-order valence-electron chi connectivity index (χ1n) is 7.44. The average molecular weight is 303 g/mol. The normalized spacial score (nSPS) is 16.6. The van der Waals surface area contributed by atoms with Crippen molar-refractivity contribution in [1.29, 1.82) is 0 Å². The van der Waals surface area contributed by atoms with E-state index in [0.717, 1.165) is 31.0 Å². The van der Waals surface area contributed by atoms with Gasteiger partial charge in [-0.05, 0) is 37.4 Å². The summed E-state index contributed by atoms with van der Waals surface area (Å²) in [6.07, 6.45) is 1.24. The minimum absolute atomic E-state index is 0.267. The lowest BCUT2D eigenvalue weighted by Crippen LogP contribution is -2.13. The molecule has 1 aliphatic heterocycles. The molecule has 1 N–H and O–H groups in total. The number of rotatable bonds is 6. The number of ether oxygens (including phenoxy) is 2. The monoisotopic (exact) mass is 303 g/mol. The summed E-state index contributed by atoms with van der Waals surface area (Å²) in [5.74, 6) is 1.99. The number of benzene rings is 1. The Bertz CT molecular complexity index is 595. The highest BCUT2D eigenvalue weighted by Gasteiger charge is 2.21. The van der Waals surface area contributed by atoms with Crippen molar-refractivity contribution in [2.24, 2.45) is 0 Å². The zero-order valence-corrected chi connectivity index (χ0v) is 13.3. The molecule has 0 fully saturated rings. The van der Waals surface area contributed by atoms with Crippen molar-refractivity contribution in [2.75, 3.05) is 6.61 Å². The second-order valence-electron chi connectivity index (χ2n) is 5.32. The van der Waals surface area contributed by atoms with E-state index in [1.54, 1.807) is 11.3 Å². The molecule has 0 aliphatic carbocycles. The maximum absolute atomic E-state index is 5.85. The Morgan fingerprint density at radius 1 is 1.38 bits per heavy atom. The van der Waals surface area contributed by atoms with Gasteiger partial charge in [-0.25, -0.2) is 0 Å². The van der Waals surface area contributed by atoms with Gasteiger partial charge in [0.1, 0.15) is 17.6 Å². The molecule has 0 saturated carbocycles. The molecule has 3 rings (SSSR count). The first kappa shape index (κ1) is 14.4. The van der Waals surface area contributed by atoms with E-state index in [0.29, 0.717) is 6.61 Å². The van der Waals surface area contributed by atoms with Crippen LogP contribution in [-0.4, -0.2) is 12.7 Å². The minimum atomic E-state index is 0.267. The zero-order valence-electron chi connectivity index (χ0n) is 12.5. The van der Waals surface area contributed by atoms with Gasteiger partial charge in [-0.1, -0.05) is 6.07 Å². The Kier molecular flexibility index (Phi) is 4.46. The van der Waals surface area contributed by atoms with Gasteiger partial charge in [-0.3, -0.25) is 0 Å². The molecule has 21 heavy (non-hydrogen) atoms. The Morgan fingerprint density at radius 3 is 3.05 bits per heavy atom. The summed E-state index contributed by atoms with van der Waals surface area (Å²) in [5.41, 5.74) is 2.43. The Morgan fingerprint density at radius 2 is 2.29 bits per heavy atom. The molecule has 112 valence electrons. The molecule has 1 aromatic carbocycles. The molecule has 0 spiro atoms. The zero-order chi connectivity index (χ0) is 14.7. The van der Waals surface area contributed by atoms with Gasteiger partial charge in [0.05, 0.1) is 6.61 Å². The Hall–Kier alpha value is -1.52. The van der Waals surface area contributed by atoms with Gasteiger partial charge in [0.15, 0.2) is 0 Å². The van der Waals surface area contributed by atoms with Crippen LogP contribution >= 0.6 is 11.3 Å². The van der Waals surface area contributed by atoms with E-state index in [4.69, 9.17) is 9.47 Å². The summed E-state index contributed by atoms with van der Waals surface area (Å²) in [5, 5.41) is 5.58. The van der Waals surface area contributed by atoms with Gasteiger partial charge in [0.25, 0.3) is 0 Å². The van der Waals surface area contributed by atoms with Crippen LogP contribution in [0.3, 0.4) is 0 Å². The molecule has 0 radical (unpaired) electrons. The molecule has 4 heteroatoms. The van der Waals surface area contributed by atoms with Gasteiger partial charge >= 0.3 is 0 Å². The van der Waals surface area contributed by atoms with E-state index in [9.17, 15) is 0 Å². The van der Waals surface area contributed by atoms with Crippen LogP contribution in [0.5, 0.6) is 11.5 Å².